The molecule has 5 nitrogen and oxygen atoms in total. The van der Waals surface area contributed by atoms with Crippen molar-refractivity contribution >= 4 is 5.91 Å². The monoisotopic (exact) mass is 286 g/mol. The van der Waals surface area contributed by atoms with E-state index < -0.39 is 0 Å². The van der Waals surface area contributed by atoms with Gasteiger partial charge in [-0.1, -0.05) is 18.2 Å². The Kier molecular flexibility index (Phi) is 5.29. The van der Waals surface area contributed by atoms with Gasteiger partial charge in [0, 0.05) is 37.2 Å². The molecule has 0 fully saturated rings. The molecule has 1 N–H and O–H groups in total. The van der Waals surface area contributed by atoms with Crippen LogP contribution in [-0.4, -0.2) is 31.7 Å². The van der Waals surface area contributed by atoms with Crippen molar-refractivity contribution < 1.29 is 14.3 Å². The van der Waals surface area contributed by atoms with Crippen molar-refractivity contribution in [2.45, 2.75) is 6.10 Å². The minimum atomic E-state index is -0.271. The molecule has 1 atom stereocenters. The molecule has 21 heavy (non-hydrogen) atoms. The lowest BCUT2D eigenvalue weighted by molar-refractivity contribution is 0.0819. The fourth-order valence-electron chi connectivity index (χ4n) is 2.04. The standard InChI is InChI=1S/C16H18N2O3/c1-20-14-6-4-3-5-13(14)15(21-2)11-18-16(19)12-7-9-17-10-8-12/h3-10,15H,11H2,1-2H3,(H,18,19). The highest BCUT2D eigenvalue weighted by Gasteiger charge is 2.16. The SMILES string of the molecule is COc1ccccc1C(CNC(=O)c1ccncc1)OC. The molecular weight excluding hydrogens is 268 g/mol. The summed E-state index contributed by atoms with van der Waals surface area (Å²) in [4.78, 5) is 15.9. The maximum Gasteiger partial charge on any atom is 0.251 e. The second-order valence-electron chi connectivity index (χ2n) is 4.41. The molecule has 0 saturated carbocycles. The Bertz CT molecular complexity index is 587. The Morgan fingerprint density at radius 3 is 2.57 bits per heavy atom. The molecule has 0 aliphatic rings. The summed E-state index contributed by atoms with van der Waals surface area (Å²) in [5, 5.41) is 2.85. The first-order chi connectivity index (χ1) is 10.3. The molecule has 1 heterocycles. The maximum absolute atomic E-state index is 12.0. The number of pyridine rings is 1. The summed E-state index contributed by atoms with van der Waals surface area (Å²) < 4.78 is 10.8. The summed E-state index contributed by atoms with van der Waals surface area (Å²) in [6, 6.07) is 10.9. The summed E-state index contributed by atoms with van der Waals surface area (Å²) in [5.41, 5.74) is 1.47. The fraction of sp³-hybridized carbons (Fsp3) is 0.250. The van der Waals surface area contributed by atoms with Gasteiger partial charge in [0.2, 0.25) is 0 Å². The van der Waals surface area contributed by atoms with E-state index in [-0.39, 0.29) is 12.0 Å². The third kappa shape index (κ3) is 3.79. The van der Waals surface area contributed by atoms with Crippen LogP contribution in [-0.2, 0) is 4.74 Å². The number of methoxy groups -OCH3 is 2. The van der Waals surface area contributed by atoms with Gasteiger partial charge in [0.15, 0.2) is 0 Å². The Balaban J connectivity index is 2.05. The highest BCUT2D eigenvalue weighted by Crippen LogP contribution is 2.26. The second kappa shape index (κ2) is 7.40. The van der Waals surface area contributed by atoms with Gasteiger partial charge >= 0.3 is 0 Å². The molecule has 0 aliphatic heterocycles. The molecule has 1 aromatic heterocycles. The van der Waals surface area contributed by atoms with E-state index in [4.69, 9.17) is 9.47 Å². The summed E-state index contributed by atoms with van der Waals surface area (Å²) in [6.07, 6.45) is 2.90. The number of ether oxygens (including phenoxy) is 2. The quantitative estimate of drug-likeness (QED) is 0.884. The van der Waals surface area contributed by atoms with Crippen molar-refractivity contribution in [3.63, 3.8) is 0 Å². The van der Waals surface area contributed by atoms with Gasteiger partial charge in [-0.25, -0.2) is 0 Å². The summed E-state index contributed by atoms with van der Waals surface area (Å²) in [6.45, 7) is 0.359. The van der Waals surface area contributed by atoms with Crippen LogP contribution in [0.2, 0.25) is 0 Å². The van der Waals surface area contributed by atoms with Crippen LogP contribution >= 0.6 is 0 Å². The molecule has 1 amide bonds. The number of nitrogens with one attached hydrogen (secondary N) is 1. The fourth-order valence-corrected chi connectivity index (χ4v) is 2.04. The lowest BCUT2D eigenvalue weighted by Crippen LogP contribution is -2.29. The van der Waals surface area contributed by atoms with Gasteiger partial charge in [0.25, 0.3) is 5.91 Å². The summed E-state index contributed by atoms with van der Waals surface area (Å²) in [5.74, 6) is 0.580. The normalized spacial score (nSPS) is 11.7. The van der Waals surface area contributed by atoms with Crippen LogP contribution in [0.1, 0.15) is 22.0 Å². The first-order valence-electron chi connectivity index (χ1n) is 6.60. The Hall–Kier alpha value is -2.40. The van der Waals surface area contributed by atoms with Crippen molar-refractivity contribution in [2.24, 2.45) is 0 Å². The molecule has 0 radical (unpaired) electrons. The number of carbonyl (C=O) groups excluding carboxylic acids is 1. The highest BCUT2D eigenvalue weighted by atomic mass is 16.5. The lowest BCUT2D eigenvalue weighted by atomic mass is 10.1. The third-order valence-corrected chi connectivity index (χ3v) is 3.16. The molecule has 0 saturated heterocycles. The average Bonchev–Trinajstić information content (AvgIpc) is 2.56. The first-order valence-corrected chi connectivity index (χ1v) is 6.60. The molecular formula is C16H18N2O3. The third-order valence-electron chi connectivity index (χ3n) is 3.16. The number of rotatable bonds is 6. The van der Waals surface area contributed by atoms with E-state index >= 15 is 0 Å². The highest BCUT2D eigenvalue weighted by molar-refractivity contribution is 5.93. The number of hydrogen-bond acceptors (Lipinski definition) is 4. The second-order valence-corrected chi connectivity index (χ2v) is 4.41. The number of nitrogens with zero attached hydrogens (tertiary/aromatic N) is 1. The van der Waals surface area contributed by atoms with E-state index in [1.54, 1.807) is 38.7 Å². The van der Waals surface area contributed by atoms with E-state index in [2.05, 4.69) is 10.3 Å². The minimum Gasteiger partial charge on any atom is -0.496 e. The molecule has 110 valence electrons. The number of hydrogen-bond donors (Lipinski definition) is 1. The van der Waals surface area contributed by atoms with Crippen LogP contribution in [0.15, 0.2) is 48.8 Å². The number of aromatic nitrogens is 1. The largest absolute Gasteiger partial charge is 0.496 e. The van der Waals surface area contributed by atoms with Gasteiger partial charge in [0.05, 0.1) is 7.11 Å². The van der Waals surface area contributed by atoms with Crippen LogP contribution in [0.4, 0.5) is 0 Å². The topological polar surface area (TPSA) is 60.5 Å². The molecule has 2 aromatic rings. The Labute approximate surface area is 123 Å². The van der Waals surface area contributed by atoms with Crippen molar-refractivity contribution in [3.05, 3.63) is 59.9 Å². The number of benzene rings is 1. The number of amides is 1. The van der Waals surface area contributed by atoms with Crippen LogP contribution in [0.5, 0.6) is 5.75 Å². The number of carbonyl (C=O) groups is 1. The zero-order chi connectivity index (χ0) is 15.1. The predicted molar refractivity (Wildman–Crippen MR) is 79.3 cm³/mol. The average molecular weight is 286 g/mol. The van der Waals surface area contributed by atoms with E-state index in [1.165, 1.54) is 0 Å². The summed E-state index contributed by atoms with van der Waals surface area (Å²) in [7, 11) is 3.22. The molecule has 5 heteroatoms. The Morgan fingerprint density at radius 2 is 1.90 bits per heavy atom. The predicted octanol–water partition coefficient (Wildman–Crippen LogP) is 2.21. The zero-order valence-corrected chi connectivity index (χ0v) is 12.1. The minimum absolute atomic E-state index is 0.158. The number of para-hydroxylation sites is 1. The van der Waals surface area contributed by atoms with Crippen molar-refractivity contribution in [1.82, 2.24) is 10.3 Å². The first kappa shape index (κ1) is 15.0. The zero-order valence-electron chi connectivity index (χ0n) is 12.1. The van der Waals surface area contributed by atoms with Crippen molar-refractivity contribution in [3.8, 4) is 5.75 Å². The van der Waals surface area contributed by atoms with Gasteiger partial charge in [-0.3, -0.25) is 9.78 Å². The molecule has 1 unspecified atom stereocenters. The molecule has 1 aromatic carbocycles. The van der Waals surface area contributed by atoms with Gasteiger partial charge in [-0.2, -0.15) is 0 Å². The molecule has 2 rings (SSSR count). The molecule has 0 aliphatic carbocycles. The lowest BCUT2D eigenvalue weighted by Gasteiger charge is -2.19. The van der Waals surface area contributed by atoms with E-state index in [1.807, 2.05) is 24.3 Å². The van der Waals surface area contributed by atoms with E-state index in [9.17, 15) is 4.79 Å². The van der Waals surface area contributed by atoms with E-state index in [0.29, 0.717) is 12.1 Å². The van der Waals surface area contributed by atoms with Gasteiger partial charge in [0.1, 0.15) is 11.9 Å². The van der Waals surface area contributed by atoms with Gasteiger partial charge in [-0.05, 0) is 18.2 Å². The van der Waals surface area contributed by atoms with Crippen LogP contribution in [0, 0.1) is 0 Å². The van der Waals surface area contributed by atoms with Crippen LogP contribution < -0.4 is 10.1 Å². The molecule has 0 bridgehead atoms. The van der Waals surface area contributed by atoms with Crippen LogP contribution in [0.3, 0.4) is 0 Å². The smallest absolute Gasteiger partial charge is 0.251 e. The Morgan fingerprint density at radius 1 is 1.19 bits per heavy atom. The maximum atomic E-state index is 12.0. The molecule has 0 spiro atoms. The van der Waals surface area contributed by atoms with Crippen molar-refractivity contribution in [1.29, 1.82) is 0 Å². The summed E-state index contributed by atoms with van der Waals surface area (Å²) >= 11 is 0. The van der Waals surface area contributed by atoms with E-state index in [0.717, 1.165) is 11.3 Å². The van der Waals surface area contributed by atoms with Crippen LogP contribution in [0.25, 0.3) is 0 Å². The van der Waals surface area contributed by atoms with Crippen molar-refractivity contribution in [2.75, 3.05) is 20.8 Å². The van der Waals surface area contributed by atoms with Gasteiger partial charge < -0.3 is 14.8 Å². The van der Waals surface area contributed by atoms with Gasteiger partial charge in [-0.15, -0.1) is 0 Å².